The lowest BCUT2D eigenvalue weighted by Gasteiger charge is -2.26. The van der Waals surface area contributed by atoms with Crippen LogP contribution in [-0.4, -0.2) is 60.2 Å². The first-order valence-corrected chi connectivity index (χ1v) is 7.57. The summed E-state index contributed by atoms with van der Waals surface area (Å²) in [6, 6.07) is 5.49. The molecule has 1 unspecified atom stereocenters. The molecule has 1 aromatic rings. The average Bonchev–Trinajstić information content (AvgIpc) is 2.87. The predicted molar refractivity (Wildman–Crippen MR) is 79.6 cm³/mol. The Morgan fingerprint density at radius 3 is 2.71 bits per heavy atom. The van der Waals surface area contributed by atoms with Crippen molar-refractivity contribution in [2.75, 3.05) is 33.1 Å². The molecule has 1 aliphatic rings. The van der Waals surface area contributed by atoms with Gasteiger partial charge in [-0.25, -0.2) is 0 Å². The molecule has 1 aliphatic heterocycles. The van der Waals surface area contributed by atoms with E-state index in [0.29, 0.717) is 17.3 Å². The SMILES string of the molecule is COc1ccc(C2SCC(=O)N2C[C@H](O)CO)cc1OC. The van der Waals surface area contributed by atoms with Gasteiger partial charge in [0.1, 0.15) is 5.37 Å². The van der Waals surface area contributed by atoms with Crippen molar-refractivity contribution in [3.63, 3.8) is 0 Å². The van der Waals surface area contributed by atoms with Crippen LogP contribution in [0.5, 0.6) is 11.5 Å². The summed E-state index contributed by atoms with van der Waals surface area (Å²) in [6.45, 7) is -0.256. The van der Waals surface area contributed by atoms with Gasteiger partial charge in [0.25, 0.3) is 0 Å². The second-order valence-electron chi connectivity index (χ2n) is 4.66. The Morgan fingerprint density at radius 2 is 2.10 bits per heavy atom. The number of ether oxygens (including phenoxy) is 2. The fourth-order valence-electron chi connectivity index (χ4n) is 2.22. The zero-order valence-electron chi connectivity index (χ0n) is 12.0. The number of nitrogens with zero attached hydrogens (tertiary/aromatic N) is 1. The number of β-amino-alcohol motifs (C(OH)–C–C–N with tert-alkyl or cyclic N) is 1. The number of hydrogen-bond acceptors (Lipinski definition) is 6. The number of aliphatic hydroxyl groups is 2. The molecule has 2 N–H and O–H groups in total. The second kappa shape index (κ2) is 7.02. The summed E-state index contributed by atoms with van der Waals surface area (Å²) in [6.07, 6.45) is -0.935. The van der Waals surface area contributed by atoms with E-state index in [0.717, 1.165) is 5.56 Å². The van der Waals surface area contributed by atoms with Crippen LogP contribution in [0.2, 0.25) is 0 Å². The van der Waals surface area contributed by atoms with E-state index in [1.54, 1.807) is 25.2 Å². The topological polar surface area (TPSA) is 79.2 Å². The molecule has 1 heterocycles. The monoisotopic (exact) mass is 313 g/mol. The van der Waals surface area contributed by atoms with Crippen molar-refractivity contribution in [2.24, 2.45) is 0 Å². The van der Waals surface area contributed by atoms with E-state index < -0.39 is 6.10 Å². The highest BCUT2D eigenvalue weighted by Gasteiger charge is 2.34. The third-order valence-electron chi connectivity index (χ3n) is 3.28. The minimum absolute atomic E-state index is 0.0488. The largest absolute Gasteiger partial charge is 0.493 e. The summed E-state index contributed by atoms with van der Waals surface area (Å²) in [4.78, 5) is 13.5. The summed E-state index contributed by atoms with van der Waals surface area (Å²) >= 11 is 1.48. The lowest BCUT2D eigenvalue weighted by molar-refractivity contribution is -0.129. The number of carbonyl (C=O) groups is 1. The van der Waals surface area contributed by atoms with Crippen molar-refractivity contribution < 1.29 is 24.5 Å². The Labute approximate surface area is 127 Å². The Bertz CT molecular complexity index is 510. The van der Waals surface area contributed by atoms with Crippen molar-refractivity contribution >= 4 is 17.7 Å². The van der Waals surface area contributed by atoms with Crippen LogP contribution in [0.3, 0.4) is 0 Å². The molecule has 0 saturated carbocycles. The predicted octanol–water partition coefficient (Wildman–Crippen LogP) is 0.631. The van der Waals surface area contributed by atoms with Crippen LogP contribution in [-0.2, 0) is 4.79 Å². The molecule has 0 radical (unpaired) electrons. The van der Waals surface area contributed by atoms with Gasteiger partial charge < -0.3 is 24.6 Å². The van der Waals surface area contributed by atoms with Gasteiger partial charge in [-0.05, 0) is 17.7 Å². The molecule has 1 amide bonds. The first-order chi connectivity index (χ1) is 10.1. The highest BCUT2D eigenvalue weighted by molar-refractivity contribution is 8.00. The minimum Gasteiger partial charge on any atom is -0.493 e. The molecule has 116 valence electrons. The van der Waals surface area contributed by atoms with E-state index >= 15 is 0 Å². The van der Waals surface area contributed by atoms with Crippen LogP contribution >= 0.6 is 11.8 Å². The molecule has 1 fully saturated rings. The van der Waals surface area contributed by atoms with E-state index in [-0.39, 0.29) is 24.4 Å². The van der Waals surface area contributed by atoms with Crippen molar-refractivity contribution in [2.45, 2.75) is 11.5 Å². The van der Waals surface area contributed by atoms with Crippen molar-refractivity contribution in [1.29, 1.82) is 0 Å². The van der Waals surface area contributed by atoms with Gasteiger partial charge in [-0.15, -0.1) is 11.8 Å². The maximum absolute atomic E-state index is 11.9. The van der Waals surface area contributed by atoms with Gasteiger partial charge in [-0.3, -0.25) is 4.79 Å². The molecular formula is C14H19NO5S. The zero-order chi connectivity index (χ0) is 15.4. The third-order valence-corrected chi connectivity index (χ3v) is 4.54. The van der Waals surface area contributed by atoms with Gasteiger partial charge in [0, 0.05) is 0 Å². The molecule has 2 rings (SSSR count). The van der Waals surface area contributed by atoms with Crippen molar-refractivity contribution in [3.8, 4) is 11.5 Å². The summed E-state index contributed by atoms with van der Waals surface area (Å²) < 4.78 is 10.5. The van der Waals surface area contributed by atoms with Crippen molar-refractivity contribution in [3.05, 3.63) is 23.8 Å². The Morgan fingerprint density at radius 1 is 1.38 bits per heavy atom. The number of rotatable bonds is 6. The van der Waals surface area contributed by atoms with Crippen molar-refractivity contribution in [1.82, 2.24) is 4.90 Å². The number of carbonyl (C=O) groups excluding carboxylic acids is 1. The quantitative estimate of drug-likeness (QED) is 0.802. The van der Waals surface area contributed by atoms with Gasteiger partial charge in [0.15, 0.2) is 11.5 Å². The lowest BCUT2D eigenvalue weighted by atomic mass is 10.1. The fourth-order valence-corrected chi connectivity index (χ4v) is 3.41. The van der Waals surface area contributed by atoms with Crippen LogP contribution in [0.4, 0.5) is 0 Å². The number of amides is 1. The first-order valence-electron chi connectivity index (χ1n) is 6.52. The first kappa shape index (κ1) is 15.9. The van der Waals surface area contributed by atoms with E-state index in [4.69, 9.17) is 14.6 Å². The van der Waals surface area contributed by atoms with Gasteiger partial charge in [-0.2, -0.15) is 0 Å². The molecule has 6 nitrogen and oxygen atoms in total. The molecule has 0 aromatic heterocycles. The number of aliphatic hydroxyl groups excluding tert-OH is 2. The normalized spacial score (nSPS) is 19.7. The van der Waals surface area contributed by atoms with Gasteiger partial charge in [0.05, 0.1) is 39.2 Å². The maximum atomic E-state index is 11.9. The van der Waals surface area contributed by atoms with Crippen LogP contribution < -0.4 is 9.47 Å². The third kappa shape index (κ3) is 3.42. The number of methoxy groups -OCH3 is 2. The molecule has 21 heavy (non-hydrogen) atoms. The van der Waals surface area contributed by atoms with Crippen LogP contribution in [0.25, 0.3) is 0 Å². The van der Waals surface area contributed by atoms with Gasteiger partial charge in [-0.1, -0.05) is 6.07 Å². The van der Waals surface area contributed by atoms with E-state index in [9.17, 15) is 9.90 Å². The highest BCUT2D eigenvalue weighted by atomic mass is 32.2. The van der Waals surface area contributed by atoms with E-state index in [1.807, 2.05) is 12.1 Å². The van der Waals surface area contributed by atoms with Gasteiger partial charge >= 0.3 is 0 Å². The molecule has 1 saturated heterocycles. The van der Waals surface area contributed by atoms with Crippen LogP contribution in [0, 0.1) is 0 Å². The molecule has 1 aromatic carbocycles. The summed E-state index contributed by atoms with van der Waals surface area (Å²) in [5.74, 6) is 1.53. The molecule has 2 atom stereocenters. The fraction of sp³-hybridized carbons (Fsp3) is 0.500. The average molecular weight is 313 g/mol. The number of benzene rings is 1. The number of thioether (sulfide) groups is 1. The lowest BCUT2D eigenvalue weighted by Crippen LogP contribution is -2.37. The Balaban J connectivity index is 2.25. The molecule has 0 bridgehead atoms. The van der Waals surface area contributed by atoms with Gasteiger partial charge in [0.2, 0.25) is 5.91 Å². The zero-order valence-corrected chi connectivity index (χ0v) is 12.8. The number of hydrogen-bond donors (Lipinski definition) is 2. The van der Waals surface area contributed by atoms with Crippen LogP contribution in [0.15, 0.2) is 18.2 Å². The standard InChI is InChI=1S/C14H19NO5S/c1-19-11-4-3-9(5-12(11)20-2)14-15(6-10(17)7-16)13(18)8-21-14/h3-5,10,14,16-17H,6-8H2,1-2H3/t10-,14?/m0/s1. The Kier molecular flexibility index (Phi) is 5.33. The summed E-state index contributed by atoms with van der Waals surface area (Å²) in [5, 5.41) is 18.3. The molecule has 0 aliphatic carbocycles. The Hall–Kier alpha value is -1.44. The highest BCUT2D eigenvalue weighted by Crippen LogP contribution is 2.41. The molecule has 0 spiro atoms. The van der Waals surface area contributed by atoms with E-state index in [2.05, 4.69) is 0 Å². The molecule has 7 heteroatoms. The summed E-state index contributed by atoms with van der Waals surface area (Å²) in [7, 11) is 3.12. The van der Waals surface area contributed by atoms with Crippen LogP contribution in [0.1, 0.15) is 10.9 Å². The minimum atomic E-state index is -0.935. The smallest absolute Gasteiger partial charge is 0.233 e. The second-order valence-corrected chi connectivity index (χ2v) is 5.73. The molecular weight excluding hydrogens is 294 g/mol. The van der Waals surface area contributed by atoms with E-state index in [1.165, 1.54) is 11.8 Å². The maximum Gasteiger partial charge on any atom is 0.233 e. The summed E-state index contributed by atoms with van der Waals surface area (Å²) in [5.41, 5.74) is 0.897.